The lowest BCUT2D eigenvalue weighted by molar-refractivity contribution is 0.0939. The average Bonchev–Trinajstić information content (AvgIpc) is 3.61. The van der Waals surface area contributed by atoms with Gasteiger partial charge in [-0.2, -0.15) is 0 Å². The summed E-state index contributed by atoms with van der Waals surface area (Å²) in [6.07, 6.45) is 4.09. The van der Waals surface area contributed by atoms with Gasteiger partial charge in [0.15, 0.2) is 0 Å². The smallest absolute Gasteiger partial charge is 0.264 e. The first-order valence-corrected chi connectivity index (χ1v) is 12.0. The number of carbonyl (C=O) groups is 1. The number of rotatable bonds is 7. The van der Waals surface area contributed by atoms with E-state index in [4.69, 9.17) is 0 Å². The molecule has 0 radical (unpaired) electrons. The third kappa shape index (κ3) is 4.23. The summed E-state index contributed by atoms with van der Waals surface area (Å²) in [6, 6.07) is 14.8. The molecule has 0 saturated heterocycles. The first-order chi connectivity index (χ1) is 14.4. The van der Waals surface area contributed by atoms with Crippen LogP contribution in [0.1, 0.15) is 42.1 Å². The number of likely N-dealkylation sites (N-methyl/N-ethyl adjacent to an activating group) is 1. The molecule has 6 nitrogen and oxygen atoms in total. The first-order valence-electron chi connectivity index (χ1n) is 10.6. The van der Waals surface area contributed by atoms with Crippen LogP contribution in [0.4, 0.5) is 5.69 Å². The monoisotopic (exact) mass is 427 g/mol. The van der Waals surface area contributed by atoms with Crippen molar-refractivity contribution in [2.24, 2.45) is 0 Å². The van der Waals surface area contributed by atoms with Crippen LogP contribution in [0, 0.1) is 0 Å². The van der Waals surface area contributed by atoms with E-state index in [-0.39, 0.29) is 16.8 Å². The summed E-state index contributed by atoms with van der Waals surface area (Å²) in [6.45, 7) is 3.07. The lowest BCUT2D eigenvalue weighted by Crippen LogP contribution is -2.41. The van der Waals surface area contributed by atoms with Crippen LogP contribution in [0.5, 0.6) is 0 Å². The molecule has 2 aromatic carbocycles. The molecule has 1 aliphatic heterocycles. The van der Waals surface area contributed by atoms with E-state index >= 15 is 0 Å². The summed E-state index contributed by atoms with van der Waals surface area (Å²) in [4.78, 5) is 15.1. The topological polar surface area (TPSA) is 69.7 Å². The predicted octanol–water partition coefficient (Wildman–Crippen LogP) is 3.04. The van der Waals surface area contributed by atoms with E-state index in [1.807, 2.05) is 24.3 Å². The highest BCUT2D eigenvalue weighted by atomic mass is 32.2. The van der Waals surface area contributed by atoms with Crippen molar-refractivity contribution in [3.05, 3.63) is 59.7 Å². The summed E-state index contributed by atoms with van der Waals surface area (Å²) in [5, 5.41) is 2.95. The number of hydrogen-bond donors (Lipinski definition) is 1. The molecule has 2 aliphatic rings. The SMILES string of the molecule is CC(CNC(=O)c1cccc(S(=O)(=O)N2CCCc3ccccc32)c1)N(C)C1CC1. The van der Waals surface area contributed by atoms with Crippen LogP contribution < -0.4 is 9.62 Å². The standard InChI is InChI=1S/C23H29N3O3S/c1-17(25(2)20-12-13-20)16-24-23(27)19-8-5-10-21(15-19)30(28,29)26-14-6-9-18-7-3-4-11-22(18)26/h3-5,7-8,10-11,15,17,20H,6,9,12-14,16H2,1-2H3,(H,24,27). The van der Waals surface area contributed by atoms with Crippen molar-refractivity contribution in [1.29, 1.82) is 0 Å². The minimum atomic E-state index is -3.73. The Morgan fingerprint density at radius 1 is 1.20 bits per heavy atom. The van der Waals surface area contributed by atoms with Crippen molar-refractivity contribution in [2.75, 3.05) is 24.4 Å². The number of amides is 1. The van der Waals surface area contributed by atoms with Gasteiger partial charge in [0.25, 0.3) is 15.9 Å². The molecule has 1 aliphatic carbocycles. The zero-order chi connectivity index (χ0) is 21.3. The van der Waals surface area contributed by atoms with E-state index in [9.17, 15) is 13.2 Å². The number of aryl methyl sites for hydroxylation is 1. The molecule has 4 rings (SSSR count). The maximum absolute atomic E-state index is 13.3. The normalized spacial score (nSPS) is 17.5. The second-order valence-electron chi connectivity index (χ2n) is 8.29. The number of fused-ring (bicyclic) bond motifs is 1. The molecule has 1 heterocycles. The molecule has 1 atom stereocenters. The largest absolute Gasteiger partial charge is 0.350 e. The Balaban J connectivity index is 1.51. The number of nitrogens with one attached hydrogen (secondary N) is 1. The molecule has 7 heteroatoms. The van der Waals surface area contributed by atoms with E-state index in [1.54, 1.807) is 18.2 Å². The fraction of sp³-hybridized carbons (Fsp3) is 0.435. The van der Waals surface area contributed by atoms with Crippen molar-refractivity contribution >= 4 is 21.6 Å². The highest BCUT2D eigenvalue weighted by Crippen LogP contribution is 2.32. The van der Waals surface area contributed by atoms with Crippen molar-refractivity contribution in [1.82, 2.24) is 10.2 Å². The minimum Gasteiger partial charge on any atom is -0.350 e. The Morgan fingerprint density at radius 3 is 2.73 bits per heavy atom. The summed E-state index contributed by atoms with van der Waals surface area (Å²) >= 11 is 0. The predicted molar refractivity (Wildman–Crippen MR) is 118 cm³/mol. The van der Waals surface area contributed by atoms with Gasteiger partial charge in [0.2, 0.25) is 0 Å². The molecule has 1 N–H and O–H groups in total. The number of benzene rings is 2. The number of anilines is 1. The fourth-order valence-electron chi connectivity index (χ4n) is 4.00. The van der Waals surface area contributed by atoms with Crippen molar-refractivity contribution in [2.45, 2.75) is 49.6 Å². The number of para-hydroxylation sites is 1. The van der Waals surface area contributed by atoms with Crippen LogP contribution in [0.15, 0.2) is 53.4 Å². The van der Waals surface area contributed by atoms with Crippen LogP contribution >= 0.6 is 0 Å². The van der Waals surface area contributed by atoms with Crippen LogP contribution in [-0.4, -0.2) is 51.4 Å². The average molecular weight is 428 g/mol. The van der Waals surface area contributed by atoms with Gasteiger partial charge in [-0.05, 0) is 69.5 Å². The molecular formula is C23H29N3O3S. The molecule has 160 valence electrons. The lowest BCUT2D eigenvalue weighted by Gasteiger charge is -2.30. The second kappa shape index (κ2) is 8.40. The molecule has 0 aromatic heterocycles. The van der Waals surface area contributed by atoms with Gasteiger partial charge in [0.1, 0.15) is 0 Å². The molecule has 1 unspecified atom stereocenters. The summed E-state index contributed by atoms with van der Waals surface area (Å²) < 4.78 is 28.2. The number of nitrogens with zero attached hydrogens (tertiary/aromatic N) is 2. The van der Waals surface area contributed by atoms with E-state index in [0.717, 1.165) is 24.1 Å². The fourth-order valence-corrected chi connectivity index (χ4v) is 5.59. The van der Waals surface area contributed by atoms with Crippen molar-refractivity contribution in [3.8, 4) is 0 Å². The third-order valence-corrected chi connectivity index (χ3v) is 7.94. The number of sulfonamides is 1. The third-order valence-electron chi connectivity index (χ3n) is 6.13. The molecule has 30 heavy (non-hydrogen) atoms. The Morgan fingerprint density at radius 2 is 1.97 bits per heavy atom. The summed E-state index contributed by atoms with van der Waals surface area (Å²) in [7, 11) is -1.65. The van der Waals surface area contributed by atoms with E-state index < -0.39 is 10.0 Å². The maximum Gasteiger partial charge on any atom is 0.264 e. The molecule has 1 fully saturated rings. The number of carbonyl (C=O) groups excluding carboxylic acids is 1. The number of hydrogen-bond acceptors (Lipinski definition) is 4. The minimum absolute atomic E-state index is 0.148. The van der Waals surface area contributed by atoms with E-state index in [1.165, 1.54) is 23.2 Å². The summed E-state index contributed by atoms with van der Waals surface area (Å²) in [5.74, 6) is -0.248. The quantitative estimate of drug-likeness (QED) is 0.737. The Labute approximate surface area is 178 Å². The Hall–Kier alpha value is -2.38. The maximum atomic E-state index is 13.3. The van der Waals surface area contributed by atoms with E-state index in [2.05, 4.69) is 24.2 Å². The molecule has 0 spiro atoms. The lowest BCUT2D eigenvalue weighted by atomic mass is 10.0. The summed E-state index contributed by atoms with van der Waals surface area (Å²) in [5.41, 5.74) is 2.13. The van der Waals surface area contributed by atoms with Crippen molar-refractivity contribution in [3.63, 3.8) is 0 Å². The van der Waals surface area contributed by atoms with Crippen molar-refractivity contribution < 1.29 is 13.2 Å². The molecule has 1 amide bonds. The van der Waals surface area contributed by atoms with E-state index in [0.29, 0.717) is 24.7 Å². The zero-order valence-electron chi connectivity index (χ0n) is 17.5. The first kappa shape index (κ1) is 20.9. The van der Waals surface area contributed by atoms with Gasteiger partial charge >= 0.3 is 0 Å². The van der Waals surface area contributed by atoms with Crippen LogP contribution in [0.3, 0.4) is 0 Å². The van der Waals surface area contributed by atoms with Gasteiger partial charge in [-0.15, -0.1) is 0 Å². The van der Waals surface area contributed by atoms with Crippen LogP contribution in [-0.2, 0) is 16.4 Å². The highest BCUT2D eigenvalue weighted by Gasteiger charge is 2.30. The Bertz CT molecular complexity index is 1030. The van der Waals surface area contributed by atoms with Gasteiger partial charge in [0.05, 0.1) is 10.6 Å². The molecule has 0 bridgehead atoms. The molecule has 1 saturated carbocycles. The zero-order valence-corrected chi connectivity index (χ0v) is 18.4. The van der Waals surface area contributed by atoms with Gasteiger partial charge in [-0.3, -0.25) is 14.0 Å². The van der Waals surface area contributed by atoms with Crippen LogP contribution in [0.25, 0.3) is 0 Å². The Kier molecular flexibility index (Phi) is 5.84. The molecule has 2 aromatic rings. The highest BCUT2D eigenvalue weighted by molar-refractivity contribution is 7.92. The van der Waals surface area contributed by atoms with Crippen LogP contribution in [0.2, 0.25) is 0 Å². The van der Waals surface area contributed by atoms with Gasteiger partial charge in [-0.1, -0.05) is 24.3 Å². The second-order valence-corrected chi connectivity index (χ2v) is 10.2. The van der Waals surface area contributed by atoms with Gasteiger partial charge in [0, 0.05) is 30.7 Å². The van der Waals surface area contributed by atoms with Gasteiger partial charge < -0.3 is 5.32 Å². The van der Waals surface area contributed by atoms with Gasteiger partial charge in [-0.25, -0.2) is 8.42 Å². The molecular weight excluding hydrogens is 398 g/mol.